The molecule has 6 heteroatoms. The quantitative estimate of drug-likeness (QED) is 0.739. The lowest BCUT2D eigenvalue weighted by Gasteiger charge is -2.26. The average molecular weight is 332 g/mol. The summed E-state index contributed by atoms with van der Waals surface area (Å²) in [5.74, 6) is -0.971. The minimum absolute atomic E-state index is 0.229. The number of benzene rings is 1. The van der Waals surface area contributed by atoms with Crippen molar-refractivity contribution in [1.82, 2.24) is 10.2 Å². The molecular formula is C18H24N2O4. The standard InChI is InChI=1S/C18H24N2O4/c1-5-7-16(17(23)19-10-21)20(11-22)18(24)15-9-6-8-14(12(2)3)13(15)4/h6,8-12,16H,5,7H2,1-4H3,(H,19,21,23). The number of carbonyl (C=O) groups is 4. The average Bonchev–Trinajstić information content (AvgIpc) is 2.54. The maximum absolute atomic E-state index is 12.8. The summed E-state index contributed by atoms with van der Waals surface area (Å²) in [6.45, 7) is 7.70. The monoisotopic (exact) mass is 332 g/mol. The summed E-state index contributed by atoms with van der Waals surface area (Å²) >= 11 is 0. The van der Waals surface area contributed by atoms with Crippen molar-refractivity contribution in [3.63, 3.8) is 0 Å². The summed E-state index contributed by atoms with van der Waals surface area (Å²) in [5, 5.41) is 2.02. The number of imide groups is 2. The predicted molar refractivity (Wildman–Crippen MR) is 90.4 cm³/mol. The van der Waals surface area contributed by atoms with E-state index < -0.39 is 17.9 Å². The maximum atomic E-state index is 12.8. The van der Waals surface area contributed by atoms with Crippen LogP contribution in [-0.4, -0.2) is 35.6 Å². The third kappa shape index (κ3) is 4.28. The van der Waals surface area contributed by atoms with Crippen LogP contribution >= 0.6 is 0 Å². The van der Waals surface area contributed by atoms with Crippen LogP contribution in [0.1, 0.15) is 61.0 Å². The van der Waals surface area contributed by atoms with Gasteiger partial charge in [0.2, 0.25) is 18.7 Å². The van der Waals surface area contributed by atoms with E-state index in [0.29, 0.717) is 18.4 Å². The number of nitrogens with one attached hydrogen (secondary N) is 1. The zero-order valence-corrected chi connectivity index (χ0v) is 14.5. The van der Waals surface area contributed by atoms with E-state index in [9.17, 15) is 19.2 Å². The fraction of sp³-hybridized carbons (Fsp3) is 0.444. The molecule has 0 saturated heterocycles. The van der Waals surface area contributed by atoms with Crippen LogP contribution in [0.4, 0.5) is 0 Å². The van der Waals surface area contributed by atoms with Gasteiger partial charge < -0.3 is 0 Å². The highest BCUT2D eigenvalue weighted by molar-refractivity contribution is 6.05. The van der Waals surface area contributed by atoms with Crippen LogP contribution in [0.2, 0.25) is 0 Å². The predicted octanol–water partition coefficient (Wildman–Crippen LogP) is 2.16. The highest BCUT2D eigenvalue weighted by atomic mass is 16.2. The highest BCUT2D eigenvalue weighted by Crippen LogP contribution is 2.23. The van der Waals surface area contributed by atoms with Gasteiger partial charge in [-0.1, -0.05) is 39.3 Å². The second-order valence-electron chi connectivity index (χ2n) is 5.92. The summed E-state index contributed by atoms with van der Waals surface area (Å²) in [7, 11) is 0. The smallest absolute Gasteiger partial charge is 0.261 e. The molecule has 1 aromatic carbocycles. The number of amides is 4. The summed E-state index contributed by atoms with van der Waals surface area (Å²) in [5.41, 5.74) is 2.18. The van der Waals surface area contributed by atoms with E-state index in [-0.39, 0.29) is 18.7 Å². The van der Waals surface area contributed by atoms with Crippen molar-refractivity contribution in [3.8, 4) is 0 Å². The molecule has 0 aliphatic rings. The van der Waals surface area contributed by atoms with Gasteiger partial charge in [-0.3, -0.25) is 29.4 Å². The van der Waals surface area contributed by atoms with Crippen molar-refractivity contribution < 1.29 is 19.2 Å². The molecule has 6 nitrogen and oxygen atoms in total. The van der Waals surface area contributed by atoms with E-state index in [0.717, 1.165) is 16.0 Å². The Morgan fingerprint density at radius 1 is 1.25 bits per heavy atom. The van der Waals surface area contributed by atoms with Crippen molar-refractivity contribution >= 4 is 24.6 Å². The van der Waals surface area contributed by atoms with E-state index in [2.05, 4.69) is 0 Å². The first-order chi connectivity index (χ1) is 11.4. The van der Waals surface area contributed by atoms with Gasteiger partial charge in [0.05, 0.1) is 0 Å². The van der Waals surface area contributed by atoms with Gasteiger partial charge in [0.15, 0.2) is 0 Å². The fourth-order valence-electron chi connectivity index (χ4n) is 2.74. The number of hydrogen-bond donors (Lipinski definition) is 1. The van der Waals surface area contributed by atoms with Gasteiger partial charge in [0.1, 0.15) is 6.04 Å². The number of rotatable bonds is 8. The highest BCUT2D eigenvalue weighted by Gasteiger charge is 2.30. The van der Waals surface area contributed by atoms with E-state index in [4.69, 9.17) is 0 Å². The topological polar surface area (TPSA) is 83.6 Å². The number of carbonyl (C=O) groups excluding carboxylic acids is 4. The van der Waals surface area contributed by atoms with Crippen molar-refractivity contribution in [2.75, 3.05) is 0 Å². The lowest BCUT2D eigenvalue weighted by molar-refractivity contribution is -0.133. The summed E-state index contributed by atoms with van der Waals surface area (Å²) in [6, 6.07) is 4.33. The molecule has 130 valence electrons. The number of nitrogens with zero attached hydrogens (tertiary/aromatic N) is 1. The molecule has 0 radical (unpaired) electrons. The van der Waals surface area contributed by atoms with Gasteiger partial charge in [0, 0.05) is 5.56 Å². The van der Waals surface area contributed by atoms with Crippen LogP contribution in [0.3, 0.4) is 0 Å². The Morgan fingerprint density at radius 3 is 2.42 bits per heavy atom. The molecule has 1 unspecified atom stereocenters. The molecule has 0 aliphatic carbocycles. The van der Waals surface area contributed by atoms with Gasteiger partial charge in [-0.05, 0) is 36.5 Å². The van der Waals surface area contributed by atoms with E-state index in [1.165, 1.54) is 0 Å². The molecule has 1 rings (SSSR count). The van der Waals surface area contributed by atoms with E-state index >= 15 is 0 Å². The molecule has 0 fully saturated rings. The van der Waals surface area contributed by atoms with E-state index in [1.807, 2.05) is 39.1 Å². The van der Waals surface area contributed by atoms with E-state index in [1.54, 1.807) is 12.1 Å². The lowest BCUT2D eigenvalue weighted by atomic mass is 9.93. The second kappa shape index (κ2) is 8.96. The first kappa shape index (κ1) is 19.5. The normalized spacial score (nSPS) is 11.7. The minimum atomic E-state index is -1.01. The SMILES string of the molecule is CCCC(C(=O)NC=O)N(C=O)C(=O)c1cccc(C(C)C)c1C. The van der Waals surface area contributed by atoms with Crippen LogP contribution in [0.5, 0.6) is 0 Å². The second-order valence-corrected chi connectivity index (χ2v) is 5.92. The van der Waals surface area contributed by atoms with Crippen molar-refractivity contribution in [2.45, 2.75) is 52.5 Å². The zero-order valence-electron chi connectivity index (χ0n) is 14.5. The van der Waals surface area contributed by atoms with Gasteiger partial charge in [-0.2, -0.15) is 0 Å². The molecule has 0 aliphatic heterocycles. The van der Waals surface area contributed by atoms with Gasteiger partial charge in [-0.25, -0.2) is 0 Å². The molecule has 0 spiro atoms. The molecule has 1 atom stereocenters. The molecule has 0 saturated carbocycles. The van der Waals surface area contributed by atoms with Crippen molar-refractivity contribution in [1.29, 1.82) is 0 Å². The van der Waals surface area contributed by atoms with Crippen LogP contribution in [0.15, 0.2) is 18.2 Å². The fourth-order valence-corrected chi connectivity index (χ4v) is 2.74. The molecular weight excluding hydrogens is 308 g/mol. The lowest BCUT2D eigenvalue weighted by Crippen LogP contribution is -2.49. The third-order valence-electron chi connectivity index (χ3n) is 3.98. The minimum Gasteiger partial charge on any atom is -0.297 e. The number of hydrogen-bond acceptors (Lipinski definition) is 4. The van der Waals surface area contributed by atoms with Crippen molar-refractivity contribution in [3.05, 3.63) is 34.9 Å². The Kier molecular flexibility index (Phi) is 7.30. The van der Waals surface area contributed by atoms with Crippen molar-refractivity contribution in [2.24, 2.45) is 0 Å². The summed E-state index contributed by atoms with van der Waals surface area (Å²) in [6.07, 6.45) is 1.48. The van der Waals surface area contributed by atoms with Crippen LogP contribution < -0.4 is 5.32 Å². The first-order valence-corrected chi connectivity index (χ1v) is 8.00. The third-order valence-corrected chi connectivity index (χ3v) is 3.98. The van der Waals surface area contributed by atoms with Crippen LogP contribution in [0, 0.1) is 6.92 Å². The summed E-state index contributed by atoms with van der Waals surface area (Å²) in [4.78, 5) is 47.8. The summed E-state index contributed by atoms with van der Waals surface area (Å²) < 4.78 is 0. The molecule has 24 heavy (non-hydrogen) atoms. The zero-order chi connectivity index (χ0) is 18.3. The molecule has 0 aromatic heterocycles. The largest absolute Gasteiger partial charge is 0.297 e. The Bertz CT molecular complexity index is 625. The molecule has 4 amide bonds. The first-order valence-electron chi connectivity index (χ1n) is 8.00. The van der Waals surface area contributed by atoms with Gasteiger partial charge in [0.25, 0.3) is 5.91 Å². The Labute approximate surface area is 142 Å². The Hall–Kier alpha value is -2.50. The Morgan fingerprint density at radius 2 is 1.92 bits per heavy atom. The Balaban J connectivity index is 3.26. The molecule has 1 aromatic rings. The maximum Gasteiger partial charge on any atom is 0.261 e. The molecule has 1 N–H and O–H groups in total. The van der Waals surface area contributed by atoms with Crippen LogP contribution in [0.25, 0.3) is 0 Å². The van der Waals surface area contributed by atoms with Crippen LogP contribution in [-0.2, 0) is 14.4 Å². The van der Waals surface area contributed by atoms with Gasteiger partial charge in [-0.15, -0.1) is 0 Å². The van der Waals surface area contributed by atoms with Gasteiger partial charge >= 0.3 is 0 Å². The molecule has 0 heterocycles. The molecule has 0 bridgehead atoms.